The van der Waals surface area contributed by atoms with Gasteiger partial charge in [-0.25, -0.2) is 8.42 Å². The van der Waals surface area contributed by atoms with Crippen molar-refractivity contribution in [3.63, 3.8) is 0 Å². The van der Waals surface area contributed by atoms with Gasteiger partial charge in [-0.3, -0.25) is 19.2 Å². The molecule has 0 bridgehead atoms. The van der Waals surface area contributed by atoms with Crippen LogP contribution in [0.1, 0.15) is 5.56 Å². The van der Waals surface area contributed by atoms with Crippen molar-refractivity contribution in [2.45, 2.75) is 11.8 Å². The summed E-state index contributed by atoms with van der Waals surface area (Å²) in [7, 11) is -1.35. The highest BCUT2D eigenvalue weighted by atomic mass is 32.2. The second kappa shape index (κ2) is 10.2. The molecule has 0 aromatic heterocycles. The van der Waals surface area contributed by atoms with E-state index in [2.05, 4.69) is 5.32 Å². The van der Waals surface area contributed by atoms with Crippen LogP contribution in [0, 0.1) is 17.0 Å². The Morgan fingerprint density at radius 1 is 1.03 bits per heavy atom. The fourth-order valence-corrected chi connectivity index (χ4v) is 4.74. The standard InChI is InChI=1S/C23H23N3O7S/c1-16-19(10-7-11-20(16)26(28)29)24-23(27)15-25(34(30,31)18-8-5-4-6-9-18)21-13-12-17(32-2)14-22(21)33-3/h4-14H,15H2,1-3H3,(H,24,27). The van der Waals surface area contributed by atoms with Gasteiger partial charge in [0.25, 0.3) is 15.7 Å². The molecular formula is C23H23N3O7S. The Labute approximate surface area is 196 Å². The van der Waals surface area contributed by atoms with Gasteiger partial charge in [0.15, 0.2) is 0 Å². The number of rotatable bonds is 9. The summed E-state index contributed by atoms with van der Waals surface area (Å²) in [4.78, 5) is 23.6. The monoisotopic (exact) mass is 485 g/mol. The molecule has 178 valence electrons. The molecule has 0 atom stereocenters. The first-order valence-electron chi connectivity index (χ1n) is 10.0. The van der Waals surface area contributed by atoms with E-state index in [9.17, 15) is 23.3 Å². The van der Waals surface area contributed by atoms with E-state index in [4.69, 9.17) is 9.47 Å². The molecular weight excluding hydrogens is 462 g/mol. The quantitative estimate of drug-likeness (QED) is 0.361. The highest BCUT2D eigenvalue weighted by Crippen LogP contribution is 2.35. The van der Waals surface area contributed by atoms with E-state index in [1.807, 2.05) is 0 Å². The van der Waals surface area contributed by atoms with Gasteiger partial charge in [-0.15, -0.1) is 0 Å². The third-order valence-electron chi connectivity index (χ3n) is 5.05. The van der Waals surface area contributed by atoms with E-state index >= 15 is 0 Å². The van der Waals surface area contributed by atoms with Crippen LogP contribution in [0.5, 0.6) is 11.5 Å². The van der Waals surface area contributed by atoms with Gasteiger partial charge in [0.05, 0.1) is 41.0 Å². The minimum absolute atomic E-state index is 0.0211. The number of sulfonamides is 1. The van der Waals surface area contributed by atoms with Crippen LogP contribution >= 0.6 is 0 Å². The summed E-state index contributed by atoms with van der Waals surface area (Å²) in [6.07, 6.45) is 0. The molecule has 3 aromatic rings. The van der Waals surface area contributed by atoms with Crippen molar-refractivity contribution in [1.82, 2.24) is 0 Å². The molecule has 0 saturated carbocycles. The molecule has 3 aromatic carbocycles. The lowest BCUT2D eigenvalue weighted by atomic mass is 10.1. The summed E-state index contributed by atoms with van der Waals surface area (Å²) in [6.45, 7) is 0.890. The zero-order chi connectivity index (χ0) is 24.9. The van der Waals surface area contributed by atoms with Crippen molar-refractivity contribution in [2.24, 2.45) is 0 Å². The number of methoxy groups -OCH3 is 2. The minimum Gasteiger partial charge on any atom is -0.497 e. The lowest BCUT2D eigenvalue weighted by molar-refractivity contribution is -0.385. The second-order valence-corrected chi connectivity index (χ2v) is 8.98. The number of anilines is 2. The molecule has 0 unspecified atom stereocenters. The normalized spacial score (nSPS) is 10.9. The van der Waals surface area contributed by atoms with Crippen molar-refractivity contribution >= 4 is 33.0 Å². The number of nitro groups is 1. The van der Waals surface area contributed by atoms with Gasteiger partial charge in [0, 0.05) is 12.1 Å². The predicted octanol–water partition coefficient (Wildman–Crippen LogP) is 3.75. The van der Waals surface area contributed by atoms with E-state index in [-0.39, 0.29) is 33.3 Å². The summed E-state index contributed by atoms with van der Waals surface area (Å²) >= 11 is 0. The lowest BCUT2D eigenvalue weighted by Gasteiger charge is -2.26. The van der Waals surface area contributed by atoms with Crippen molar-refractivity contribution in [1.29, 1.82) is 0 Å². The summed E-state index contributed by atoms with van der Waals surface area (Å²) in [5.74, 6) is -0.0755. The fraction of sp³-hybridized carbons (Fsp3) is 0.174. The summed E-state index contributed by atoms with van der Waals surface area (Å²) in [5, 5.41) is 13.8. The second-order valence-electron chi connectivity index (χ2n) is 7.12. The number of nitrogens with one attached hydrogen (secondary N) is 1. The average Bonchev–Trinajstić information content (AvgIpc) is 2.83. The zero-order valence-electron chi connectivity index (χ0n) is 18.7. The molecule has 11 heteroatoms. The molecule has 0 aliphatic carbocycles. The van der Waals surface area contributed by atoms with Crippen LogP contribution in [0.25, 0.3) is 0 Å². The van der Waals surface area contributed by atoms with Crippen molar-refractivity contribution in [2.75, 3.05) is 30.4 Å². The molecule has 10 nitrogen and oxygen atoms in total. The van der Waals surface area contributed by atoms with Gasteiger partial charge < -0.3 is 14.8 Å². The number of hydrogen-bond donors (Lipinski definition) is 1. The fourth-order valence-electron chi connectivity index (χ4n) is 3.29. The smallest absolute Gasteiger partial charge is 0.274 e. The largest absolute Gasteiger partial charge is 0.497 e. The number of ether oxygens (including phenoxy) is 2. The third-order valence-corrected chi connectivity index (χ3v) is 6.82. The number of amides is 1. The van der Waals surface area contributed by atoms with E-state index < -0.39 is 27.4 Å². The lowest BCUT2D eigenvalue weighted by Crippen LogP contribution is -2.38. The molecule has 1 N–H and O–H groups in total. The number of hydrogen-bond acceptors (Lipinski definition) is 7. The van der Waals surface area contributed by atoms with Crippen LogP contribution in [0.4, 0.5) is 17.1 Å². The Morgan fingerprint density at radius 2 is 1.74 bits per heavy atom. The van der Waals surface area contributed by atoms with E-state index in [0.29, 0.717) is 5.75 Å². The van der Waals surface area contributed by atoms with Gasteiger partial charge >= 0.3 is 0 Å². The average molecular weight is 486 g/mol. The molecule has 3 rings (SSSR count). The van der Waals surface area contributed by atoms with Gasteiger partial charge in [0.2, 0.25) is 5.91 Å². The van der Waals surface area contributed by atoms with Crippen LogP contribution < -0.4 is 19.1 Å². The first-order chi connectivity index (χ1) is 16.2. The number of benzene rings is 3. The van der Waals surface area contributed by atoms with Gasteiger partial charge in [-0.2, -0.15) is 0 Å². The predicted molar refractivity (Wildman–Crippen MR) is 127 cm³/mol. The summed E-state index contributed by atoms with van der Waals surface area (Å²) < 4.78 is 38.5. The number of carbonyl (C=O) groups excluding carboxylic acids is 1. The molecule has 0 aliphatic heterocycles. The van der Waals surface area contributed by atoms with Gasteiger partial charge in [-0.1, -0.05) is 24.3 Å². The van der Waals surface area contributed by atoms with Crippen molar-refractivity contribution < 1.29 is 27.6 Å². The number of carbonyl (C=O) groups is 1. The number of nitro benzene ring substituents is 1. The Kier molecular flexibility index (Phi) is 7.37. The maximum Gasteiger partial charge on any atom is 0.274 e. The van der Waals surface area contributed by atoms with Crippen LogP contribution in [0.15, 0.2) is 71.6 Å². The Hall–Kier alpha value is -4.12. The Morgan fingerprint density at radius 3 is 2.35 bits per heavy atom. The molecule has 34 heavy (non-hydrogen) atoms. The Balaban J connectivity index is 2.03. The molecule has 1 amide bonds. The minimum atomic E-state index is -4.18. The van der Waals surface area contributed by atoms with Gasteiger partial charge in [0.1, 0.15) is 18.0 Å². The highest BCUT2D eigenvalue weighted by molar-refractivity contribution is 7.92. The van der Waals surface area contributed by atoms with Crippen LogP contribution in [-0.4, -0.2) is 40.0 Å². The molecule has 0 spiro atoms. The number of nitrogens with zero attached hydrogens (tertiary/aromatic N) is 2. The summed E-state index contributed by atoms with van der Waals surface area (Å²) in [6, 6.07) is 16.4. The Bertz CT molecular complexity index is 1310. The molecule has 0 heterocycles. The maximum absolute atomic E-state index is 13.5. The van der Waals surface area contributed by atoms with Crippen molar-refractivity contribution in [3.05, 3.63) is 82.4 Å². The first kappa shape index (κ1) is 24.5. The van der Waals surface area contributed by atoms with Crippen LogP contribution in [-0.2, 0) is 14.8 Å². The van der Waals surface area contributed by atoms with Crippen LogP contribution in [0.2, 0.25) is 0 Å². The molecule has 0 radical (unpaired) electrons. The molecule has 0 fully saturated rings. The topological polar surface area (TPSA) is 128 Å². The van der Waals surface area contributed by atoms with E-state index in [1.54, 1.807) is 24.3 Å². The molecule has 0 saturated heterocycles. The SMILES string of the molecule is COc1ccc(N(CC(=O)Nc2cccc([N+](=O)[O-])c2C)S(=O)(=O)c2ccccc2)c(OC)c1. The van der Waals surface area contributed by atoms with Crippen LogP contribution in [0.3, 0.4) is 0 Å². The maximum atomic E-state index is 13.5. The van der Waals surface area contributed by atoms with E-state index in [0.717, 1.165) is 4.31 Å². The summed E-state index contributed by atoms with van der Waals surface area (Å²) in [5.41, 5.74) is 0.416. The zero-order valence-corrected chi connectivity index (χ0v) is 19.5. The molecule has 0 aliphatic rings. The van der Waals surface area contributed by atoms with E-state index in [1.165, 1.54) is 63.6 Å². The van der Waals surface area contributed by atoms with Crippen molar-refractivity contribution in [3.8, 4) is 11.5 Å². The highest BCUT2D eigenvalue weighted by Gasteiger charge is 2.30. The van der Waals surface area contributed by atoms with Gasteiger partial charge in [-0.05, 0) is 37.3 Å². The third kappa shape index (κ3) is 5.09. The first-order valence-corrected chi connectivity index (χ1v) is 11.5.